The number of hydrogen-bond acceptors (Lipinski definition) is 2. The Hall–Kier alpha value is -8.08. The minimum absolute atomic E-state index is 0.702. The number of nitrogens with zero attached hydrogens (tertiary/aromatic N) is 4. The molecule has 0 saturated carbocycles. The number of aromatic nitrogens is 4. The standard InChI is InChI=1S/C56H36N4/c1-4-14-37(15-5-1)38-24-27-40(28-25-38)50-35-51(58-56(57-50)41-16-6-2-7-17-41)42-29-26-39-30-31-45(33-43(39)32-42)60-53-23-13-11-21-47(53)49-34-48-46-20-10-12-22-52(46)59(54(48)36-55(49)60)44-18-8-3-9-19-44/h1-36H. The zero-order chi connectivity index (χ0) is 39.6. The van der Waals surface area contributed by atoms with Gasteiger partial charge in [0.05, 0.1) is 33.5 Å². The van der Waals surface area contributed by atoms with Crippen molar-refractivity contribution in [1.82, 2.24) is 19.1 Å². The molecule has 9 aromatic carbocycles. The third kappa shape index (κ3) is 5.61. The molecule has 3 aromatic heterocycles. The summed E-state index contributed by atoms with van der Waals surface area (Å²) in [5.74, 6) is 0.702. The molecule has 4 heteroatoms. The van der Waals surface area contributed by atoms with Crippen LogP contribution in [0.3, 0.4) is 0 Å². The zero-order valence-corrected chi connectivity index (χ0v) is 32.6. The van der Waals surface area contributed by atoms with Gasteiger partial charge in [0.15, 0.2) is 5.82 Å². The van der Waals surface area contributed by atoms with Crippen LogP contribution in [0.25, 0.3) is 111 Å². The topological polar surface area (TPSA) is 35.6 Å². The molecule has 0 unspecified atom stereocenters. The van der Waals surface area contributed by atoms with Crippen LogP contribution in [0, 0.1) is 0 Å². The summed E-state index contributed by atoms with van der Waals surface area (Å²) in [4.78, 5) is 10.3. The monoisotopic (exact) mass is 764 g/mol. The molecular formula is C56H36N4. The Morgan fingerprint density at radius 3 is 1.43 bits per heavy atom. The van der Waals surface area contributed by atoms with Crippen LogP contribution in [-0.4, -0.2) is 19.1 Å². The van der Waals surface area contributed by atoms with Crippen LogP contribution in [0.1, 0.15) is 0 Å². The molecule has 0 saturated heterocycles. The van der Waals surface area contributed by atoms with Gasteiger partial charge < -0.3 is 9.13 Å². The van der Waals surface area contributed by atoms with Gasteiger partial charge in [-0.25, -0.2) is 9.97 Å². The third-order valence-corrected chi connectivity index (χ3v) is 11.9. The Morgan fingerprint density at radius 1 is 0.267 bits per heavy atom. The Balaban J connectivity index is 1.02. The highest BCUT2D eigenvalue weighted by Gasteiger charge is 2.19. The van der Waals surface area contributed by atoms with Crippen molar-refractivity contribution < 1.29 is 0 Å². The molecule has 3 heterocycles. The Labute approximate surface area is 346 Å². The van der Waals surface area contributed by atoms with Crippen LogP contribution in [-0.2, 0) is 0 Å². The van der Waals surface area contributed by atoms with E-state index in [0.717, 1.165) is 44.8 Å². The highest BCUT2D eigenvalue weighted by atomic mass is 15.0. The summed E-state index contributed by atoms with van der Waals surface area (Å²) in [5.41, 5.74) is 14.2. The van der Waals surface area contributed by atoms with Crippen molar-refractivity contribution in [1.29, 1.82) is 0 Å². The summed E-state index contributed by atoms with van der Waals surface area (Å²) in [7, 11) is 0. The van der Waals surface area contributed by atoms with Crippen molar-refractivity contribution >= 4 is 54.4 Å². The summed E-state index contributed by atoms with van der Waals surface area (Å²) in [6.45, 7) is 0. The van der Waals surface area contributed by atoms with E-state index in [1.54, 1.807) is 0 Å². The molecule has 0 aliphatic rings. The molecule has 12 aromatic rings. The molecule has 280 valence electrons. The zero-order valence-electron chi connectivity index (χ0n) is 32.6. The minimum atomic E-state index is 0.702. The van der Waals surface area contributed by atoms with Gasteiger partial charge in [0, 0.05) is 49.6 Å². The molecule has 4 nitrogen and oxygen atoms in total. The van der Waals surface area contributed by atoms with Crippen LogP contribution in [0.2, 0.25) is 0 Å². The van der Waals surface area contributed by atoms with Gasteiger partial charge in [-0.1, -0.05) is 158 Å². The second-order valence-electron chi connectivity index (χ2n) is 15.4. The molecule has 0 atom stereocenters. The number of fused-ring (bicyclic) bond motifs is 7. The van der Waals surface area contributed by atoms with Gasteiger partial charge in [0.2, 0.25) is 0 Å². The van der Waals surface area contributed by atoms with E-state index in [0.29, 0.717) is 5.82 Å². The van der Waals surface area contributed by atoms with Crippen LogP contribution in [0.15, 0.2) is 218 Å². The second kappa shape index (κ2) is 13.8. The summed E-state index contributed by atoms with van der Waals surface area (Å²) < 4.78 is 4.83. The predicted octanol–water partition coefficient (Wildman–Crippen LogP) is 14.5. The normalized spacial score (nSPS) is 11.7. The Kier molecular flexibility index (Phi) is 7.82. The first kappa shape index (κ1) is 34.0. The second-order valence-corrected chi connectivity index (χ2v) is 15.4. The van der Waals surface area contributed by atoms with E-state index in [1.807, 2.05) is 24.3 Å². The number of benzene rings is 9. The highest BCUT2D eigenvalue weighted by molar-refractivity contribution is 6.19. The lowest BCUT2D eigenvalue weighted by molar-refractivity contribution is 1.17. The minimum Gasteiger partial charge on any atom is -0.309 e. The van der Waals surface area contributed by atoms with E-state index in [2.05, 4.69) is 203 Å². The largest absolute Gasteiger partial charge is 0.309 e. The van der Waals surface area contributed by atoms with Crippen LogP contribution < -0.4 is 0 Å². The van der Waals surface area contributed by atoms with Gasteiger partial charge in [0.1, 0.15) is 0 Å². The molecule has 0 fully saturated rings. The highest BCUT2D eigenvalue weighted by Crippen LogP contribution is 2.40. The smallest absolute Gasteiger partial charge is 0.160 e. The third-order valence-electron chi connectivity index (χ3n) is 11.9. The first-order valence-corrected chi connectivity index (χ1v) is 20.4. The van der Waals surface area contributed by atoms with E-state index in [9.17, 15) is 0 Å². The summed E-state index contributed by atoms with van der Waals surface area (Å²) in [6.07, 6.45) is 0. The predicted molar refractivity (Wildman–Crippen MR) is 250 cm³/mol. The fraction of sp³-hybridized carbons (Fsp3) is 0. The van der Waals surface area contributed by atoms with Gasteiger partial charge in [0.25, 0.3) is 0 Å². The van der Waals surface area contributed by atoms with Crippen LogP contribution in [0.5, 0.6) is 0 Å². The maximum Gasteiger partial charge on any atom is 0.160 e. The quantitative estimate of drug-likeness (QED) is 0.169. The van der Waals surface area contributed by atoms with E-state index < -0.39 is 0 Å². The summed E-state index contributed by atoms with van der Waals surface area (Å²) >= 11 is 0. The molecule has 0 aliphatic carbocycles. The van der Waals surface area contributed by atoms with E-state index in [4.69, 9.17) is 9.97 Å². The van der Waals surface area contributed by atoms with E-state index in [1.165, 1.54) is 60.1 Å². The maximum absolute atomic E-state index is 5.19. The van der Waals surface area contributed by atoms with Crippen LogP contribution >= 0.6 is 0 Å². The van der Waals surface area contributed by atoms with Crippen molar-refractivity contribution in [2.75, 3.05) is 0 Å². The Morgan fingerprint density at radius 2 is 0.767 bits per heavy atom. The maximum atomic E-state index is 5.19. The van der Waals surface area contributed by atoms with Gasteiger partial charge in [-0.2, -0.15) is 0 Å². The van der Waals surface area contributed by atoms with Gasteiger partial charge in [-0.3, -0.25) is 0 Å². The van der Waals surface area contributed by atoms with Crippen molar-refractivity contribution in [2.24, 2.45) is 0 Å². The summed E-state index contributed by atoms with van der Waals surface area (Å²) in [5, 5.41) is 7.29. The fourth-order valence-electron chi connectivity index (χ4n) is 9.02. The van der Waals surface area contributed by atoms with Gasteiger partial charge >= 0.3 is 0 Å². The first-order chi connectivity index (χ1) is 29.7. The average Bonchev–Trinajstić information content (AvgIpc) is 3.83. The fourth-order valence-corrected chi connectivity index (χ4v) is 9.02. The molecule has 0 N–H and O–H groups in total. The number of rotatable bonds is 6. The molecule has 0 aliphatic heterocycles. The molecule has 0 radical (unpaired) electrons. The number of para-hydroxylation sites is 3. The lowest BCUT2D eigenvalue weighted by atomic mass is 10.0. The molecule has 12 rings (SSSR count). The van der Waals surface area contributed by atoms with Crippen molar-refractivity contribution in [3.63, 3.8) is 0 Å². The lowest BCUT2D eigenvalue weighted by Crippen LogP contribution is -1.97. The molecule has 0 amide bonds. The Bertz CT molecular complexity index is 3570. The molecule has 0 spiro atoms. The summed E-state index contributed by atoms with van der Waals surface area (Å²) in [6, 6.07) is 78.0. The first-order valence-electron chi connectivity index (χ1n) is 20.4. The van der Waals surface area contributed by atoms with E-state index in [-0.39, 0.29) is 0 Å². The van der Waals surface area contributed by atoms with Crippen molar-refractivity contribution in [2.45, 2.75) is 0 Å². The molecule has 0 bridgehead atoms. The SMILES string of the molecule is c1ccc(-c2ccc(-c3cc(-c4ccc5ccc(-n6c7ccccc7c7cc8c9ccccc9n(-c9ccccc9)c8cc76)cc5c4)nc(-c4ccccc4)n3)cc2)cc1. The van der Waals surface area contributed by atoms with Gasteiger partial charge in [-0.15, -0.1) is 0 Å². The van der Waals surface area contributed by atoms with Gasteiger partial charge in [-0.05, 0) is 82.6 Å². The molecule has 60 heavy (non-hydrogen) atoms. The molecular weight excluding hydrogens is 729 g/mol. The average molecular weight is 765 g/mol. The van der Waals surface area contributed by atoms with Crippen molar-refractivity contribution in [3.05, 3.63) is 218 Å². The van der Waals surface area contributed by atoms with Crippen molar-refractivity contribution in [3.8, 4) is 56.4 Å². The van der Waals surface area contributed by atoms with E-state index >= 15 is 0 Å². The lowest BCUT2D eigenvalue weighted by Gasteiger charge is -2.12. The van der Waals surface area contributed by atoms with Crippen LogP contribution in [0.4, 0.5) is 0 Å². The number of hydrogen-bond donors (Lipinski definition) is 0.